The molecule has 1 aliphatic heterocycles. The fourth-order valence-corrected chi connectivity index (χ4v) is 3.97. The highest BCUT2D eigenvalue weighted by molar-refractivity contribution is 7.16. The summed E-state index contributed by atoms with van der Waals surface area (Å²) in [4.78, 5) is 14.8. The second kappa shape index (κ2) is 7.05. The van der Waals surface area contributed by atoms with Crippen molar-refractivity contribution in [3.63, 3.8) is 0 Å². The summed E-state index contributed by atoms with van der Waals surface area (Å²) in [7, 11) is 0. The maximum Gasteiger partial charge on any atom is 0.249 e. The third kappa shape index (κ3) is 3.36. The summed E-state index contributed by atoms with van der Waals surface area (Å²) in [5.41, 5.74) is 0. The minimum absolute atomic E-state index is 0.0761. The van der Waals surface area contributed by atoms with E-state index >= 15 is 0 Å². The molecule has 1 aliphatic rings. The molecule has 0 amide bonds. The Hall–Kier alpha value is -2.06. The van der Waals surface area contributed by atoms with Crippen LogP contribution >= 0.6 is 11.3 Å². The van der Waals surface area contributed by atoms with Crippen LogP contribution in [0.25, 0.3) is 10.2 Å². The summed E-state index contributed by atoms with van der Waals surface area (Å²) < 4.78 is 11.0. The van der Waals surface area contributed by atoms with Crippen molar-refractivity contribution < 1.29 is 9.26 Å². The van der Waals surface area contributed by atoms with Crippen LogP contribution in [0, 0.1) is 12.8 Å². The number of hydrogen-bond acceptors (Lipinski definition) is 8. The zero-order chi connectivity index (χ0) is 17.2. The van der Waals surface area contributed by atoms with E-state index in [1.54, 1.807) is 11.3 Å². The van der Waals surface area contributed by atoms with Crippen molar-refractivity contribution in [1.82, 2.24) is 20.1 Å². The van der Waals surface area contributed by atoms with Gasteiger partial charge in [-0.05, 0) is 37.1 Å². The average molecular weight is 359 g/mol. The van der Waals surface area contributed by atoms with Gasteiger partial charge in [-0.3, -0.25) is 0 Å². The van der Waals surface area contributed by atoms with E-state index in [-0.39, 0.29) is 6.04 Å². The summed E-state index contributed by atoms with van der Waals surface area (Å²) >= 11 is 1.63. The van der Waals surface area contributed by atoms with Crippen LogP contribution in [0.5, 0.6) is 0 Å². The monoisotopic (exact) mass is 359 g/mol. The second-order valence-corrected chi connectivity index (χ2v) is 7.13. The molecule has 3 aromatic rings. The number of aromatic nitrogens is 4. The van der Waals surface area contributed by atoms with Gasteiger partial charge in [0.15, 0.2) is 5.82 Å². The number of thiophene rings is 1. The molecule has 4 heterocycles. The summed E-state index contributed by atoms with van der Waals surface area (Å²) in [5.74, 6) is 3.30. The van der Waals surface area contributed by atoms with Crippen LogP contribution in [-0.4, -0.2) is 33.3 Å². The lowest BCUT2D eigenvalue weighted by Gasteiger charge is -2.29. The topological polar surface area (TPSA) is 86.0 Å². The molecule has 0 unspecified atom stereocenters. The molecule has 3 aromatic heterocycles. The predicted octanol–water partition coefficient (Wildman–Crippen LogP) is 3.52. The molecular weight excluding hydrogens is 338 g/mol. The van der Waals surface area contributed by atoms with Crippen molar-refractivity contribution in [3.05, 3.63) is 29.0 Å². The molecule has 1 fully saturated rings. The van der Waals surface area contributed by atoms with Gasteiger partial charge < -0.3 is 14.6 Å². The summed E-state index contributed by atoms with van der Waals surface area (Å²) in [6, 6.07) is 1.98. The van der Waals surface area contributed by atoms with E-state index in [0.29, 0.717) is 17.6 Å². The van der Waals surface area contributed by atoms with Gasteiger partial charge in [-0.15, -0.1) is 11.3 Å². The van der Waals surface area contributed by atoms with Crippen LogP contribution in [0.4, 0.5) is 5.82 Å². The Balaban J connectivity index is 1.72. The molecule has 1 saturated heterocycles. The molecule has 1 atom stereocenters. The van der Waals surface area contributed by atoms with Crippen molar-refractivity contribution in [2.75, 3.05) is 18.5 Å². The average Bonchev–Trinajstić information content (AvgIpc) is 3.28. The third-order valence-electron chi connectivity index (χ3n) is 4.53. The van der Waals surface area contributed by atoms with E-state index in [1.807, 2.05) is 12.3 Å². The summed E-state index contributed by atoms with van der Waals surface area (Å²) in [6.07, 6.45) is 2.71. The molecule has 132 valence electrons. The van der Waals surface area contributed by atoms with Crippen LogP contribution in [0.3, 0.4) is 0 Å². The van der Waals surface area contributed by atoms with Gasteiger partial charge in [-0.2, -0.15) is 4.98 Å². The van der Waals surface area contributed by atoms with Gasteiger partial charge in [-0.1, -0.05) is 12.1 Å². The van der Waals surface area contributed by atoms with Crippen LogP contribution in [0.1, 0.15) is 43.3 Å². The normalized spacial score (nSPS) is 17.0. The number of rotatable bonds is 5. The molecule has 0 spiro atoms. The van der Waals surface area contributed by atoms with Gasteiger partial charge >= 0.3 is 0 Å². The fraction of sp³-hybridized carbons (Fsp3) is 0.529. The van der Waals surface area contributed by atoms with Gasteiger partial charge in [0.2, 0.25) is 5.89 Å². The Bertz CT molecular complexity index is 856. The first-order chi connectivity index (χ1) is 12.2. The highest BCUT2D eigenvalue weighted by Crippen LogP contribution is 2.34. The smallest absolute Gasteiger partial charge is 0.249 e. The Labute approximate surface area is 149 Å². The molecule has 1 N–H and O–H groups in total. The second-order valence-electron chi connectivity index (χ2n) is 6.23. The first-order valence-corrected chi connectivity index (χ1v) is 9.51. The maximum absolute atomic E-state index is 5.52. The van der Waals surface area contributed by atoms with Gasteiger partial charge in [0.1, 0.15) is 22.5 Å². The SMILES string of the molecule is CCc1nc(N[C@@H](c2nc(C)no2)C2CCOCC2)c2ccsc2n1. The van der Waals surface area contributed by atoms with Gasteiger partial charge in [0, 0.05) is 19.6 Å². The first kappa shape index (κ1) is 16.4. The van der Waals surface area contributed by atoms with E-state index in [2.05, 4.69) is 33.4 Å². The predicted molar refractivity (Wildman–Crippen MR) is 95.7 cm³/mol. The molecule has 0 aliphatic carbocycles. The van der Waals surface area contributed by atoms with Crippen molar-refractivity contribution >= 4 is 27.4 Å². The van der Waals surface area contributed by atoms with E-state index in [0.717, 1.165) is 54.3 Å². The number of nitrogens with one attached hydrogen (secondary N) is 1. The maximum atomic E-state index is 5.52. The molecule has 0 saturated carbocycles. The van der Waals surface area contributed by atoms with E-state index < -0.39 is 0 Å². The molecule has 0 aromatic carbocycles. The molecule has 4 rings (SSSR count). The number of nitrogens with zero attached hydrogens (tertiary/aromatic N) is 4. The minimum Gasteiger partial charge on any atom is -0.381 e. The lowest BCUT2D eigenvalue weighted by molar-refractivity contribution is 0.0571. The minimum atomic E-state index is -0.0761. The lowest BCUT2D eigenvalue weighted by Crippen LogP contribution is -2.27. The molecule has 0 radical (unpaired) electrons. The largest absolute Gasteiger partial charge is 0.381 e. The highest BCUT2D eigenvalue weighted by Gasteiger charge is 2.30. The number of hydrogen-bond donors (Lipinski definition) is 1. The molecule has 0 bridgehead atoms. The fourth-order valence-electron chi connectivity index (χ4n) is 3.18. The van der Waals surface area contributed by atoms with Crippen LogP contribution in [-0.2, 0) is 11.2 Å². The molecular formula is C17H21N5O2S. The van der Waals surface area contributed by atoms with E-state index in [9.17, 15) is 0 Å². The zero-order valence-corrected chi connectivity index (χ0v) is 15.2. The van der Waals surface area contributed by atoms with Gasteiger partial charge in [0.25, 0.3) is 0 Å². The van der Waals surface area contributed by atoms with Crippen LogP contribution in [0.2, 0.25) is 0 Å². The lowest BCUT2D eigenvalue weighted by atomic mass is 9.91. The Morgan fingerprint density at radius 3 is 2.84 bits per heavy atom. The van der Waals surface area contributed by atoms with Crippen molar-refractivity contribution in [3.8, 4) is 0 Å². The number of aryl methyl sites for hydroxylation is 2. The Morgan fingerprint density at radius 2 is 2.12 bits per heavy atom. The molecule has 25 heavy (non-hydrogen) atoms. The van der Waals surface area contributed by atoms with Crippen LogP contribution < -0.4 is 5.32 Å². The Morgan fingerprint density at radius 1 is 1.28 bits per heavy atom. The molecule has 8 heteroatoms. The zero-order valence-electron chi connectivity index (χ0n) is 14.4. The van der Waals surface area contributed by atoms with Crippen molar-refractivity contribution in [2.24, 2.45) is 5.92 Å². The number of ether oxygens (including phenoxy) is 1. The van der Waals surface area contributed by atoms with Gasteiger partial charge in [-0.25, -0.2) is 9.97 Å². The van der Waals surface area contributed by atoms with E-state index in [1.165, 1.54) is 0 Å². The summed E-state index contributed by atoms with van der Waals surface area (Å²) in [6.45, 7) is 5.42. The number of anilines is 1. The third-order valence-corrected chi connectivity index (χ3v) is 5.33. The molecule has 7 nitrogen and oxygen atoms in total. The first-order valence-electron chi connectivity index (χ1n) is 8.63. The highest BCUT2D eigenvalue weighted by atomic mass is 32.1. The van der Waals surface area contributed by atoms with Crippen molar-refractivity contribution in [2.45, 2.75) is 39.2 Å². The van der Waals surface area contributed by atoms with Crippen molar-refractivity contribution in [1.29, 1.82) is 0 Å². The Kier molecular flexibility index (Phi) is 4.63. The summed E-state index contributed by atoms with van der Waals surface area (Å²) in [5, 5.41) is 10.6. The standard InChI is InChI=1S/C17H21N5O2S/c1-3-13-19-15(12-6-9-25-17(12)20-13)21-14(11-4-7-23-8-5-11)16-18-10(2)22-24-16/h6,9,11,14H,3-5,7-8H2,1-2H3,(H,19,20,21)/t14-/m1/s1. The van der Waals surface area contributed by atoms with Crippen LogP contribution in [0.15, 0.2) is 16.0 Å². The number of fused-ring (bicyclic) bond motifs is 1. The van der Waals surface area contributed by atoms with E-state index in [4.69, 9.17) is 14.2 Å². The van der Waals surface area contributed by atoms with Gasteiger partial charge in [0.05, 0.1) is 5.39 Å². The quantitative estimate of drug-likeness (QED) is 0.746.